The average Bonchev–Trinajstić information content (AvgIpc) is 3.65. The van der Waals surface area contributed by atoms with Crippen molar-refractivity contribution < 1.29 is 18.8 Å². The lowest BCUT2D eigenvalue weighted by Gasteiger charge is -2.38. The van der Waals surface area contributed by atoms with Gasteiger partial charge in [-0.2, -0.15) is 0 Å². The molecule has 0 radical (unpaired) electrons. The van der Waals surface area contributed by atoms with Gasteiger partial charge in [-0.3, -0.25) is 14.4 Å². The predicted molar refractivity (Wildman–Crippen MR) is 156 cm³/mol. The van der Waals surface area contributed by atoms with E-state index in [0.717, 1.165) is 44.8 Å². The second kappa shape index (κ2) is 12.3. The Balaban J connectivity index is 1.28. The fraction of sp³-hybridized carbons (Fsp3) is 0.387. The van der Waals surface area contributed by atoms with Crippen LogP contribution in [0.1, 0.15) is 46.2 Å². The number of hydrogen-bond donors (Lipinski definition) is 2. The summed E-state index contributed by atoms with van der Waals surface area (Å²) in [5.74, 6) is -0.0656. The van der Waals surface area contributed by atoms with Crippen molar-refractivity contribution in [2.24, 2.45) is 5.92 Å². The number of anilines is 3. The van der Waals surface area contributed by atoms with E-state index in [1.54, 1.807) is 24.3 Å². The molecule has 3 aromatic rings. The maximum Gasteiger partial charge on any atom is 0.291 e. The van der Waals surface area contributed by atoms with Crippen molar-refractivity contribution in [2.75, 3.05) is 60.9 Å². The normalized spacial score (nSPS) is 16.2. The first-order chi connectivity index (χ1) is 19.4. The third kappa shape index (κ3) is 6.30. The van der Waals surface area contributed by atoms with Gasteiger partial charge >= 0.3 is 0 Å². The summed E-state index contributed by atoms with van der Waals surface area (Å²) < 4.78 is 5.29. The molecule has 0 bridgehead atoms. The lowest BCUT2D eigenvalue weighted by Crippen LogP contribution is -2.47. The first-order valence-corrected chi connectivity index (χ1v) is 14.0. The number of carbonyl (C=O) groups is 3. The van der Waals surface area contributed by atoms with Crippen molar-refractivity contribution in [1.82, 2.24) is 10.2 Å². The predicted octanol–water partition coefficient (Wildman–Crippen LogP) is 4.16. The Morgan fingerprint density at radius 3 is 2.35 bits per heavy atom. The Morgan fingerprint density at radius 2 is 1.68 bits per heavy atom. The highest BCUT2D eigenvalue weighted by molar-refractivity contribution is 6.05. The summed E-state index contributed by atoms with van der Waals surface area (Å²) in [7, 11) is 0. The molecule has 2 aromatic carbocycles. The van der Waals surface area contributed by atoms with Gasteiger partial charge in [0.05, 0.1) is 17.6 Å². The molecule has 40 heavy (non-hydrogen) atoms. The number of furan rings is 1. The van der Waals surface area contributed by atoms with E-state index in [1.807, 2.05) is 17.9 Å². The summed E-state index contributed by atoms with van der Waals surface area (Å²) >= 11 is 0. The molecule has 9 nitrogen and oxygen atoms in total. The van der Waals surface area contributed by atoms with Crippen molar-refractivity contribution in [2.45, 2.75) is 26.7 Å². The number of para-hydroxylation sites is 1. The number of nitrogens with one attached hydrogen (secondary N) is 2. The van der Waals surface area contributed by atoms with Crippen molar-refractivity contribution in [3.8, 4) is 0 Å². The minimum absolute atomic E-state index is 0.132. The van der Waals surface area contributed by atoms with Gasteiger partial charge in [-0.25, -0.2) is 0 Å². The minimum atomic E-state index is -0.369. The van der Waals surface area contributed by atoms with Gasteiger partial charge in [-0.05, 0) is 61.2 Å². The lowest BCUT2D eigenvalue weighted by molar-refractivity contribution is -0.128. The average molecular weight is 544 g/mol. The summed E-state index contributed by atoms with van der Waals surface area (Å²) in [6.07, 6.45) is 2.97. The Bertz CT molecular complexity index is 1350. The van der Waals surface area contributed by atoms with Gasteiger partial charge in [0.2, 0.25) is 5.91 Å². The molecule has 2 N–H and O–H groups in total. The molecule has 2 fully saturated rings. The van der Waals surface area contributed by atoms with Gasteiger partial charge in [0.25, 0.3) is 11.8 Å². The van der Waals surface area contributed by atoms with Crippen LogP contribution in [-0.4, -0.2) is 68.4 Å². The van der Waals surface area contributed by atoms with E-state index in [2.05, 4.69) is 51.6 Å². The first kappa shape index (κ1) is 27.3. The van der Waals surface area contributed by atoms with Crippen LogP contribution in [0, 0.1) is 12.8 Å². The zero-order chi connectivity index (χ0) is 28.1. The summed E-state index contributed by atoms with van der Waals surface area (Å²) in [6, 6.07) is 17.1. The van der Waals surface area contributed by atoms with Crippen molar-refractivity contribution in [3.63, 3.8) is 0 Å². The molecule has 0 aliphatic carbocycles. The number of rotatable bonds is 9. The van der Waals surface area contributed by atoms with Crippen LogP contribution in [0.25, 0.3) is 0 Å². The van der Waals surface area contributed by atoms with E-state index < -0.39 is 0 Å². The highest BCUT2D eigenvalue weighted by Crippen LogP contribution is 2.30. The maximum atomic E-state index is 13.1. The van der Waals surface area contributed by atoms with Crippen LogP contribution in [0.3, 0.4) is 0 Å². The van der Waals surface area contributed by atoms with Crippen LogP contribution in [-0.2, 0) is 4.79 Å². The number of hydrogen-bond acceptors (Lipinski definition) is 6. The van der Waals surface area contributed by atoms with E-state index in [1.165, 1.54) is 17.5 Å². The zero-order valence-corrected chi connectivity index (χ0v) is 23.2. The Labute approximate surface area is 235 Å². The smallest absolute Gasteiger partial charge is 0.291 e. The van der Waals surface area contributed by atoms with Gasteiger partial charge in [0.15, 0.2) is 5.76 Å². The van der Waals surface area contributed by atoms with E-state index in [9.17, 15) is 14.4 Å². The molecule has 5 rings (SSSR count). The maximum absolute atomic E-state index is 13.1. The van der Waals surface area contributed by atoms with Gasteiger partial charge in [0.1, 0.15) is 0 Å². The summed E-state index contributed by atoms with van der Waals surface area (Å²) in [5, 5.41) is 5.96. The number of likely N-dealkylation sites (tertiary alicyclic amines) is 1. The van der Waals surface area contributed by atoms with E-state index >= 15 is 0 Å². The molecular formula is C31H37N5O4. The molecule has 0 saturated carbocycles. The third-order valence-electron chi connectivity index (χ3n) is 7.64. The number of aryl methyl sites for hydroxylation is 1. The molecule has 2 aliphatic heterocycles. The fourth-order valence-electron chi connectivity index (χ4n) is 5.46. The monoisotopic (exact) mass is 543 g/mol. The number of carbonyl (C=O) groups excluding carboxylic acids is 3. The molecule has 3 heterocycles. The van der Waals surface area contributed by atoms with Crippen LogP contribution < -0.4 is 20.4 Å². The van der Waals surface area contributed by atoms with Gasteiger partial charge in [-0.15, -0.1) is 0 Å². The second-order valence-corrected chi connectivity index (χ2v) is 10.7. The Morgan fingerprint density at radius 1 is 0.925 bits per heavy atom. The molecule has 2 aliphatic rings. The molecule has 210 valence electrons. The lowest BCUT2D eigenvalue weighted by atomic mass is 10.1. The Kier molecular flexibility index (Phi) is 8.38. The summed E-state index contributed by atoms with van der Waals surface area (Å²) in [6.45, 7) is 9.27. The molecule has 1 aromatic heterocycles. The number of amides is 3. The molecular weight excluding hydrogens is 506 g/mol. The molecule has 1 atom stereocenters. The molecule has 9 heteroatoms. The molecule has 2 saturated heterocycles. The zero-order valence-electron chi connectivity index (χ0n) is 23.2. The number of piperazine rings is 1. The van der Waals surface area contributed by atoms with Gasteiger partial charge in [-0.1, -0.05) is 25.1 Å². The molecule has 1 unspecified atom stereocenters. The standard InChI is InChI=1S/C31H37N5O4/c1-22(21-36-13-5-10-29(36)37)20-32-30(38)24-11-12-27(25(19-24)33-31(39)28-9-6-18-40-28)35-16-14-34(15-17-35)26-8-4-3-7-23(26)2/h3-4,6-9,11-12,18-19,22H,5,10,13-17,20-21H2,1-2H3,(H,32,38)(H,33,39). The summed E-state index contributed by atoms with van der Waals surface area (Å²) in [4.78, 5) is 44.4. The Hall–Kier alpha value is -4.27. The van der Waals surface area contributed by atoms with Gasteiger partial charge < -0.3 is 29.8 Å². The fourth-order valence-corrected chi connectivity index (χ4v) is 5.46. The van der Waals surface area contributed by atoms with E-state index in [4.69, 9.17) is 4.42 Å². The van der Waals surface area contributed by atoms with Crippen molar-refractivity contribution >= 4 is 34.8 Å². The minimum Gasteiger partial charge on any atom is -0.459 e. The van der Waals surface area contributed by atoms with Crippen LogP contribution in [0.4, 0.5) is 17.1 Å². The number of benzene rings is 2. The second-order valence-electron chi connectivity index (χ2n) is 10.7. The molecule has 3 amide bonds. The van der Waals surface area contributed by atoms with Crippen LogP contribution >= 0.6 is 0 Å². The summed E-state index contributed by atoms with van der Waals surface area (Å²) in [5.41, 5.74) is 4.38. The highest BCUT2D eigenvalue weighted by atomic mass is 16.3. The highest BCUT2D eigenvalue weighted by Gasteiger charge is 2.24. The van der Waals surface area contributed by atoms with Crippen molar-refractivity contribution in [1.29, 1.82) is 0 Å². The van der Waals surface area contributed by atoms with Crippen LogP contribution in [0.15, 0.2) is 65.3 Å². The van der Waals surface area contributed by atoms with Crippen molar-refractivity contribution in [3.05, 3.63) is 77.7 Å². The largest absolute Gasteiger partial charge is 0.459 e. The SMILES string of the molecule is Cc1ccccc1N1CCN(c2ccc(C(=O)NCC(C)CN3CCCC3=O)cc2NC(=O)c2ccco2)CC1. The van der Waals surface area contributed by atoms with E-state index in [0.29, 0.717) is 30.8 Å². The third-order valence-corrected chi connectivity index (χ3v) is 7.64. The first-order valence-electron chi connectivity index (χ1n) is 14.0. The van der Waals surface area contributed by atoms with Crippen LogP contribution in [0.5, 0.6) is 0 Å². The van der Waals surface area contributed by atoms with Gasteiger partial charge in [0, 0.05) is 63.5 Å². The quantitative estimate of drug-likeness (QED) is 0.421. The molecule has 0 spiro atoms. The van der Waals surface area contributed by atoms with Crippen LogP contribution in [0.2, 0.25) is 0 Å². The topological polar surface area (TPSA) is 98.1 Å². The number of nitrogens with zero attached hydrogens (tertiary/aromatic N) is 3. The van der Waals surface area contributed by atoms with E-state index in [-0.39, 0.29) is 29.4 Å².